The zero-order chi connectivity index (χ0) is 19.3. The number of carbonyl (C=O) groups excluding carboxylic acids is 3. The lowest BCUT2D eigenvalue weighted by Crippen LogP contribution is -2.44. The van der Waals surface area contributed by atoms with E-state index in [1.165, 1.54) is 12.0 Å². The second kappa shape index (κ2) is 6.16. The number of fused-ring (bicyclic) bond motifs is 2. The second-order valence-electron chi connectivity index (χ2n) is 7.55. The molecule has 0 radical (unpaired) electrons. The van der Waals surface area contributed by atoms with Crippen molar-refractivity contribution in [1.29, 1.82) is 0 Å². The van der Waals surface area contributed by atoms with Gasteiger partial charge < -0.3 is 14.8 Å². The Labute approximate surface area is 156 Å². The number of esters is 1. The van der Waals surface area contributed by atoms with E-state index in [1.54, 1.807) is 39.0 Å². The first-order chi connectivity index (χ1) is 12.1. The fourth-order valence-electron chi connectivity index (χ4n) is 3.58. The van der Waals surface area contributed by atoms with Crippen molar-refractivity contribution in [3.8, 4) is 0 Å². The van der Waals surface area contributed by atoms with Crippen LogP contribution < -0.4 is 5.32 Å². The Hall–Kier alpha value is -2.28. The van der Waals surface area contributed by atoms with E-state index >= 15 is 0 Å². The average Bonchev–Trinajstić information content (AvgIpc) is 3.06. The summed E-state index contributed by atoms with van der Waals surface area (Å²) in [5.74, 6) is -0.887. The number of hydrogen-bond donors (Lipinski definition) is 1. The summed E-state index contributed by atoms with van der Waals surface area (Å²) in [7, 11) is 1.25. The van der Waals surface area contributed by atoms with Gasteiger partial charge in [-0.3, -0.25) is 9.69 Å². The van der Waals surface area contributed by atoms with Gasteiger partial charge in [-0.25, -0.2) is 9.59 Å². The summed E-state index contributed by atoms with van der Waals surface area (Å²) in [4.78, 5) is 39.0. The number of halogens is 1. The van der Waals surface area contributed by atoms with E-state index < -0.39 is 29.1 Å². The van der Waals surface area contributed by atoms with Gasteiger partial charge in [0, 0.05) is 22.8 Å². The van der Waals surface area contributed by atoms with Crippen LogP contribution in [0.4, 0.5) is 10.5 Å². The third-order valence-electron chi connectivity index (χ3n) is 4.63. The molecule has 1 fully saturated rings. The summed E-state index contributed by atoms with van der Waals surface area (Å²) in [5.41, 5.74) is -0.645. The molecule has 0 aliphatic carbocycles. The lowest BCUT2D eigenvalue weighted by atomic mass is 9.79. The summed E-state index contributed by atoms with van der Waals surface area (Å²) in [6, 6.07) is 4.24. The van der Waals surface area contributed by atoms with Gasteiger partial charge in [-0.2, -0.15) is 0 Å². The van der Waals surface area contributed by atoms with Gasteiger partial charge >= 0.3 is 12.1 Å². The molecule has 1 N–H and O–H groups in total. The van der Waals surface area contributed by atoms with Crippen molar-refractivity contribution in [2.75, 3.05) is 19.0 Å². The molecule has 26 heavy (non-hydrogen) atoms. The Bertz CT molecular complexity index is 788. The molecule has 0 saturated carbocycles. The van der Waals surface area contributed by atoms with Crippen LogP contribution >= 0.6 is 11.6 Å². The number of amides is 2. The molecule has 140 valence electrons. The standard InChI is InChI=1S/C18H21ClN2O5/c1-17(2,3)26-16(24)21-9-18(8-12(21)14(22)25-4)13-10(19)6-5-7-11(13)20-15(18)23/h5-7,12H,8-9H2,1-4H3,(H,20,23)/t12-,18-/m0/s1. The van der Waals surface area contributed by atoms with Gasteiger partial charge in [-0.15, -0.1) is 0 Å². The fraction of sp³-hybridized carbons (Fsp3) is 0.500. The molecular weight excluding hydrogens is 360 g/mol. The van der Waals surface area contributed by atoms with Crippen LogP contribution in [0.25, 0.3) is 0 Å². The first kappa shape index (κ1) is 18.5. The van der Waals surface area contributed by atoms with Crippen LogP contribution in [0.15, 0.2) is 18.2 Å². The minimum atomic E-state index is -1.11. The summed E-state index contributed by atoms with van der Waals surface area (Å²) >= 11 is 6.36. The molecule has 2 atom stereocenters. The minimum Gasteiger partial charge on any atom is -0.467 e. The molecule has 2 heterocycles. The summed E-state index contributed by atoms with van der Waals surface area (Å²) < 4.78 is 10.3. The van der Waals surface area contributed by atoms with E-state index in [0.717, 1.165) is 0 Å². The Balaban J connectivity index is 2.03. The Morgan fingerprint density at radius 3 is 2.65 bits per heavy atom. The van der Waals surface area contributed by atoms with Crippen molar-refractivity contribution >= 4 is 35.3 Å². The van der Waals surface area contributed by atoms with Gasteiger partial charge in [0.2, 0.25) is 5.91 Å². The molecule has 0 bridgehead atoms. The molecule has 1 aromatic carbocycles. The lowest BCUT2D eigenvalue weighted by Gasteiger charge is -2.28. The van der Waals surface area contributed by atoms with Crippen LogP contribution in [0.2, 0.25) is 5.02 Å². The smallest absolute Gasteiger partial charge is 0.411 e. The molecule has 0 aromatic heterocycles. The molecule has 1 aromatic rings. The molecule has 1 saturated heterocycles. The summed E-state index contributed by atoms with van der Waals surface area (Å²) in [5, 5.41) is 3.21. The number of anilines is 1. The third-order valence-corrected chi connectivity index (χ3v) is 4.95. The largest absolute Gasteiger partial charge is 0.467 e. The van der Waals surface area contributed by atoms with Crippen LogP contribution in [-0.4, -0.2) is 48.2 Å². The van der Waals surface area contributed by atoms with Crippen LogP contribution in [-0.2, 0) is 24.5 Å². The summed E-state index contributed by atoms with van der Waals surface area (Å²) in [6.45, 7) is 5.19. The number of benzene rings is 1. The number of ether oxygens (including phenoxy) is 2. The normalized spacial score (nSPS) is 24.4. The van der Waals surface area contributed by atoms with Crippen molar-refractivity contribution < 1.29 is 23.9 Å². The van der Waals surface area contributed by atoms with Crippen LogP contribution in [0.1, 0.15) is 32.8 Å². The Morgan fingerprint density at radius 1 is 1.35 bits per heavy atom. The first-order valence-electron chi connectivity index (χ1n) is 8.27. The minimum absolute atomic E-state index is 0.00968. The zero-order valence-corrected chi connectivity index (χ0v) is 15.8. The topological polar surface area (TPSA) is 84.9 Å². The van der Waals surface area contributed by atoms with E-state index in [0.29, 0.717) is 16.3 Å². The fourth-order valence-corrected chi connectivity index (χ4v) is 3.94. The SMILES string of the molecule is COC(=O)[C@@H]1C[C@@]2(CN1C(=O)OC(C)(C)C)C(=O)Nc1cccc(Cl)c12. The number of rotatable bonds is 1. The lowest BCUT2D eigenvalue weighted by molar-refractivity contribution is -0.145. The van der Waals surface area contributed by atoms with E-state index in [2.05, 4.69) is 5.32 Å². The Morgan fingerprint density at radius 2 is 2.04 bits per heavy atom. The van der Waals surface area contributed by atoms with Gasteiger partial charge in [-0.05, 0) is 39.3 Å². The van der Waals surface area contributed by atoms with E-state index in [-0.39, 0.29) is 18.9 Å². The highest BCUT2D eigenvalue weighted by molar-refractivity contribution is 6.33. The highest BCUT2D eigenvalue weighted by Crippen LogP contribution is 2.49. The molecule has 2 aliphatic heterocycles. The monoisotopic (exact) mass is 380 g/mol. The van der Waals surface area contributed by atoms with E-state index in [4.69, 9.17) is 21.1 Å². The third kappa shape index (κ3) is 2.90. The summed E-state index contributed by atoms with van der Waals surface area (Å²) in [6.07, 6.45) is -0.584. The number of methoxy groups -OCH3 is 1. The maximum atomic E-state index is 12.8. The highest BCUT2D eigenvalue weighted by Gasteiger charge is 2.59. The van der Waals surface area contributed by atoms with Crippen LogP contribution in [0.3, 0.4) is 0 Å². The number of nitrogens with zero attached hydrogens (tertiary/aromatic N) is 1. The molecule has 8 heteroatoms. The van der Waals surface area contributed by atoms with Crippen molar-refractivity contribution in [3.05, 3.63) is 28.8 Å². The van der Waals surface area contributed by atoms with Crippen LogP contribution in [0, 0.1) is 0 Å². The van der Waals surface area contributed by atoms with Gasteiger partial charge in [0.05, 0.1) is 12.5 Å². The van der Waals surface area contributed by atoms with Gasteiger partial charge in [-0.1, -0.05) is 17.7 Å². The van der Waals surface area contributed by atoms with Crippen LogP contribution in [0.5, 0.6) is 0 Å². The molecular formula is C18H21ClN2O5. The second-order valence-corrected chi connectivity index (χ2v) is 7.96. The molecule has 0 unspecified atom stereocenters. The van der Waals surface area contributed by atoms with Crippen molar-refractivity contribution in [1.82, 2.24) is 4.90 Å². The highest BCUT2D eigenvalue weighted by atomic mass is 35.5. The number of carbonyl (C=O) groups is 3. The quantitative estimate of drug-likeness (QED) is 0.757. The maximum Gasteiger partial charge on any atom is 0.411 e. The van der Waals surface area contributed by atoms with E-state index in [1.807, 2.05) is 0 Å². The van der Waals surface area contributed by atoms with Crippen molar-refractivity contribution in [3.63, 3.8) is 0 Å². The predicted octanol–water partition coefficient (Wildman–Crippen LogP) is 2.71. The molecule has 3 rings (SSSR count). The van der Waals surface area contributed by atoms with Gasteiger partial charge in [0.25, 0.3) is 0 Å². The van der Waals surface area contributed by atoms with Crippen molar-refractivity contribution in [2.45, 2.75) is 44.2 Å². The van der Waals surface area contributed by atoms with Gasteiger partial charge in [0.1, 0.15) is 11.6 Å². The zero-order valence-electron chi connectivity index (χ0n) is 15.1. The number of nitrogens with one attached hydrogen (secondary N) is 1. The van der Waals surface area contributed by atoms with Gasteiger partial charge in [0.15, 0.2) is 0 Å². The van der Waals surface area contributed by atoms with E-state index in [9.17, 15) is 14.4 Å². The molecule has 2 amide bonds. The maximum absolute atomic E-state index is 12.8. The predicted molar refractivity (Wildman–Crippen MR) is 95.1 cm³/mol. The Kier molecular flexibility index (Phi) is 4.38. The first-order valence-corrected chi connectivity index (χ1v) is 8.65. The molecule has 7 nitrogen and oxygen atoms in total. The molecule has 2 aliphatic rings. The number of likely N-dealkylation sites (tertiary alicyclic amines) is 1. The molecule has 1 spiro atoms. The number of hydrogen-bond acceptors (Lipinski definition) is 5. The van der Waals surface area contributed by atoms with Crippen molar-refractivity contribution in [2.24, 2.45) is 0 Å². The average molecular weight is 381 g/mol.